The van der Waals surface area contributed by atoms with Crippen LogP contribution in [0.2, 0.25) is 5.02 Å². The van der Waals surface area contributed by atoms with Crippen molar-refractivity contribution in [2.24, 2.45) is 0 Å². The fourth-order valence-electron chi connectivity index (χ4n) is 3.09. The second kappa shape index (κ2) is 7.92. The molecule has 0 aromatic heterocycles. The van der Waals surface area contributed by atoms with Gasteiger partial charge in [-0.2, -0.15) is 0 Å². The Bertz CT molecular complexity index is 891. The number of rotatable bonds is 4. The number of halogens is 3. The maximum atomic E-state index is 13.8. The van der Waals surface area contributed by atoms with Gasteiger partial charge < -0.3 is 15.0 Å². The lowest BCUT2D eigenvalue weighted by Gasteiger charge is -2.25. The molecule has 0 saturated carbocycles. The predicted octanol–water partition coefficient (Wildman–Crippen LogP) is 3.87. The van der Waals surface area contributed by atoms with Gasteiger partial charge in [-0.05, 0) is 43.2 Å². The predicted molar refractivity (Wildman–Crippen MR) is 97.1 cm³/mol. The summed E-state index contributed by atoms with van der Waals surface area (Å²) in [6.07, 6.45) is 1.02. The molecular weight excluding hydrogens is 378 g/mol. The molecule has 0 bridgehead atoms. The molecule has 0 aliphatic carbocycles. The molecular formula is C19H17ClF2N2O3. The van der Waals surface area contributed by atoms with Gasteiger partial charge in [-0.1, -0.05) is 11.6 Å². The van der Waals surface area contributed by atoms with E-state index in [4.69, 9.17) is 16.3 Å². The van der Waals surface area contributed by atoms with Gasteiger partial charge in [-0.25, -0.2) is 8.78 Å². The summed E-state index contributed by atoms with van der Waals surface area (Å²) in [5.74, 6) is -2.07. The Labute approximate surface area is 159 Å². The minimum absolute atomic E-state index is 0.238. The van der Waals surface area contributed by atoms with Crippen LogP contribution < -0.4 is 10.1 Å². The Hall–Kier alpha value is -2.67. The largest absolute Gasteiger partial charge is 0.496 e. The average Bonchev–Trinajstić information content (AvgIpc) is 3.14. The van der Waals surface area contributed by atoms with Gasteiger partial charge in [0.25, 0.3) is 5.91 Å². The minimum atomic E-state index is -0.802. The lowest BCUT2D eigenvalue weighted by Crippen LogP contribution is -2.43. The molecule has 1 heterocycles. The summed E-state index contributed by atoms with van der Waals surface area (Å²) in [7, 11) is 1.43. The van der Waals surface area contributed by atoms with Crippen molar-refractivity contribution in [3.05, 3.63) is 58.6 Å². The molecule has 1 aliphatic rings. The number of hydrogen-bond donors (Lipinski definition) is 1. The maximum absolute atomic E-state index is 13.8. The molecule has 2 amide bonds. The number of amides is 2. The zero-order valence-corrected chi connectivity index (χ0v) is 15.2. The summed E-state index contributed by atoms with van der Waals surface area (Å²) in [4.78, 5) is 26.9. The molecule has 1 atom stereocenters. The number of carbonyl (C=O) groups is 2. The highest BCUT2D eigenvalue weighted by molar-refractivity contribution is 6.31. The molecule has 142 valence electrons. The summed E-state index contributed by atoms with van der Waals surface area (Å²) >= 11 is 5.98. The van der Waals surface area contributed by atoms with Crippen molar-refractivity contribution in [1.29, 1.82) is 0 Å². The van der Waals surface area contributed by atoms with E-state index in [1.165, 1.54) is 18.1 Å². The van der Waals surface area contributed by atoms with E-state index in [2.05, 4.69) is 5.32 Å². The molecule has 27 heavy (non-hydrogen) atoms. The molecule has 1 saturated heterocycles. The van der Waals surface area contributed by atoms with Gasteiger partial charge in [-0.15, -0.1) is 0 Å². The summed E-state index contributed by atoms with van der Waals surface area (Å²) in [5, 5.41) is 2.73. The van der Waals surface area contributed by atoms with Crippen molar-refractivity contribution in [2.75, 3.05) is 19.0 Å². The number of nitrogens with one attached hydrogen (secondary N) is 1. The smallest absolute Gasteiger partial charge is 0.258 e. The molecule has 1 aliphatic heterocycles. The molecule has 8 heteroatoms. The first-order valence-electron chi connectivity index (χ1n) is 8.31. The fourth-order valence-corrected chi connectivity index (χ4v) is 3.27. The fraction of sp³-hybridized carbons (Fsp3) is 0.263. The van der Waals surface area contributed by atoms with Crippen LogP contribution in [0.5, 0.6) is 5.75 Å². The van der Waals surface area contributed by atoms with Crippen LogP contribution in [0.15, 0.2) is 36.4 Å². The monoisotopic (exact) mass is 394 g/mol. The highest BCUT2D eigenvalue weighted by Crippen LogP contribution is 2.28. The van der Waals surface area contributed by atoms with Crippen LogP contribution in [-0.2, 0) is 4.79 Å². The van der Waals surface area contributed by atoms with E-state index >= 15 is 0 Å². The van der Waals surface area contributed by atoms with Crippen LogP contribution in [0.25, 0.3) is 0 Å². The van der Waals surface area contributed by atoms with E-state index in [-0.39, 0.29) is 11.3 Å². The molecule has 1 fully saturated rings. The van der Waals surface area contributed by atoms with Crippen LogP contribution in [0.3, 0.4) is 0 Å². The van der Waals surface area contributed by atoms with Gasteiger partial charge in [0.05, 0.1) is 18.4 Å². The van der Waals surface area contributed by atoms with Gasteiger partial charge in [0, 0.05) is 17.6 Å². The standard InChI is InChI=1S/C19H17ClF2N2O3/c1-27-17-7-4-11(20)9-13(17)19(26)24-8-2-3-16(24)18(25)23-15-10-12(21)5-6-14(15)22/h4-7,9-10,16H,2-3,8H2,1H3,(H,23,25)/t16-/m1/s1. The topological polar surface area (TPSA) is 58.6 Å². The molecule has 2 aromatic carbocycles. The third-order valence-corrected chi connectivity index (χ3v) is 4.63. The van der Waals surface area contributed by atoms with Crippen LogP contribution in [0.1, 0.15) is 23.2 Å². The van der Waals surface area contributed by atoms with Crippen molar-refractivity contribution >= 4 is 29.1 Å². The van der Waals surface area contributed by atoms with Gasteiger partial charge in [-0.3, -0.25) is 9.59 Å². The van der Waals surface area contributed by atoms with Crippen molar-refractivity contribution in [3.63, 3.8) is 0 Å². The molecule has 1 N–H and O–H groups in total. The zero-order chi connectivity index (χ0) is 19.6. The van der Waals surface area contributed by atoms with Gasteiger partial charge in [0.1, 0.15) is 23.4 Å². The normalized spacial score (nSPS) is 16.3. The zero-order valence-electron chi connectivity index (χ0n) is 14.5. The number of nitrogens with zero attached hydrogens (tertiary/aromatic N) is 1. The van der Waals surface area contributed by atoms with Crippen molar-refractivity contribution in [2.45, 2.75) is 18.9 Å². The highest BCUT2D eigenvalue weighted by Gasteiger charge is 2.36. The number of carbonyl (C=O) groups excluding carboxylic acids is 2. The van der Waals surface area contributed by atoms with E-state index in [9.17, 15) is 18.4 Å². The molecule has 2 aromatic rings. The minimum Gasteiger partial charge on any atom is -0.496 e. The van der Waals surface area contributed by atoms with E-state index in [1.807, 2.05) is 0 Å². The quantitative estimate of drug-likeness (QED) is 0.856. The Balaban J connectivity index is 1.82. The van der Waals surface area contributed by atoms with Crippen LogP contribution in [-0.4, -0.2) is 36.4 Å². The molecule has 0 unspecified atom stereocenters. The van der Waals surface area contributed by atoms with Gasteiger partial charge in [0.2, 0.25) is 5.91 Å². The third-order valence-electron chi connectivity index (χ3n) is 4.39. The van der Waals surface area contributed by atoms with Crippen LogP contribution in [0, 0.1) is 11.6 Å². The Morgan fingerprint density at radius 2 is 2.00 bits per heavy atom. The molecule has 0 radical (unpaired) electrons. The van der Waals surface area contributed by atoms with Crippen LogP contribution in [0.4, 0.5) is 14.5 Å². The van der Waals surface area contributed by atoms with Gasteiger partial charge in [0.15, 0.2) is 0 Å². The number of hydrogen-bond acceptors (Lipinski definition) is 3. The Morgan fingerprint density at radius 3 is 2.74 bits per heavy atom. The van der Waals surface area contributed by atoms with E-state index in [0.29, 0.717) is 30.2 Å². The first kappa shape index (κ1) is 19.1. The van der Waals surface area contributed by atoms with Crippen molar-refractivity contribution in [1.82, 2.24) is 4.90 Å². The maximum Gasteiger partial charge on any atom is 0.258 e. The van der Waals surface area contributed by atoms with Crippen molar-refractivity contribution in [3.8, 4) is 5.75 Å². The summed E-state index contributed by atoms with van der Waals surface area (Å²) < 4.78 is 32.3. The van der Waals surface area contributed by atoms with Crippen molar-refractivity contribution < 1.29 is 23.1 Å². The second-order valence-electron chi connectivity index (χ2n) is 6.11. The summed E-state index contributed by atoms with van der Waals surface area (Å²) in [6.45, 7) is 0.359. The highest BCUT2D eigenvalue weighted by atomic mass is 35.5. The first-order chi connectivity index (χ1) is 12.9. The number of benzene rings is 2. The third kappa shape index (κ3) is 4.03. The summed E-state index contributed by atoms with van der Waals surface area (Å²) in [6, 6.07) is 6.63. The van der Waals surface area contributed by atoms with Crippen LogP contribution >= 0.6 is 11.6 Å². The number of anilines is 1. The number of methoxy groups -OCH3 is 1. The SMILES string of the molecule is COc1ccc(Cl)cc1C(=O)N1CCC[C@@H]1C(=O)Nc1cc(F)ccc1F. The summed E-state index contributed by atoms with van der Waals surface area (Å²) in [5.41, 5.74) is -0.0266. The number of ether oxygens (including phenoxy) is 1. The lowest BCUT2D eigenvalue weighted by atomic mass is 10.1. The van der Waals surface area contributed by atoms with E-state index < -0.39 is 29.5 Å². The Morgan fingerprint density at radius 1 is 1.22 bits per heavy atom. The molecule has 5 nitrogen and oxygen atoms in total. The average molecular weight is 395 g/mol. The first-order valence-corrected chi connectivity index (χ1v) is 8.69. The van der Waals surface area contributed by atoms with E-state index in [0.717, 1.165) is 18.2 Å². The lowest BCUT2D eigenvalue weighted by molar-refractivity contribution is -0.119. The number of likely N-dealkylation sites (tertiary alicyclic amines) is 1. The van der Waals surface area contributed by atoms with E-state index in [1.54, 1.807) is 12.1 Å². The second-order valence-corrected chi connectivity index (χ2v) is 6.55. The molecule has 3 rings (SSSR count). The Kier molecular flexibility index (Phi) is 5.60. The van der Waals surface area contributed by atoms with Gasteiger partial charge >= 0.3 is 0 Å². The molecule has 0 spiro atoms.